The Hall–Kier alpha value is -2.98. The third-order valence-electron chi connectivity index (χ3n) is 4.64. The van der Waals surface area contributed by atoms with E-state index in [1.54, 1.807) is 24.3 Å². The number of para-hydroxylation sites is 2. The molecule has 5 heteroatoms. The monoisotopic (exact) mass is 424 g/mol. The molecule has 1 atom stereocenters. The van der Waals surface area contributed by atoms with Crippen LogP contribution in [0.2, 0.25) is 5.02 Å². The van der Waals surface area contributed by atoms with Crippen LogP contribution in [0.25, 0.3) is 0 Å². The number of hydrogen-bond donors (Lipinski definition) is 1. The predicted molar refractivity (Wildman–Crippen MR) is 119 cm³/mol. The Bertz CT molecular complexity index is 1010. The molecule has 3 aromatic carbocycles. The molecule has 0 bridgehead atoms. The molecule has 0 saturated carbocycles. The molecule has 0 radical (unpaired) electrons. The summed E-state index contributed by atoms with van der Waals surface area (Å²) in [6, 6.07) is 22.0. The second-order valence-electron chi connectivity index (χ2n) is 8.06. The Morgan fingerprint density at radius 2 is 1.63 bits per heavy atom. The molecule has 0 aromatic heterocycles. The molecule has 0 aliphatic rings. The first-order chi connectivity index (χ1) is 14.2. The normalized spacial score (nSPS) is 12.3. The summed E-state index contributed by atoms with van der Waals surface area (Å²) in [4.78, 5) is 12.0. The lowest BCUT2D eigenvalue weighted by Gasteiger charge is -2.25. The Labute approximate surface area is 182 Å². The van der Waals surface area contributed by atoms with Crippen LogP contribution in [0.5, 0.6) is 17.2 Å². The zero-order valence-electron chi connectivity index (χ0n) is 17.3. The van der Waals surface area contributed by atoms with Gasteiger partial charge in [-0.1, -0.05) is 68.8 Å². The lowest BCUT2D eigenvalue weighted by molar-refractivity contribution is -0.145. The topological polar surface area (TPSA) is 55.8 Å². The largest absolute Gasteiger partial charge is 0.478 e. The molecule has 4 nitrogen and oxygen atoms in total. The van der Waals surface area contributed by atoms with Crippen LogP contribution in [-0.4, -0.2) is 17.2 Å². The van der Waals surface area contributed by atoms with Gasteiger partial charge in [-0.05, 0) is 47.4 Å². The fourth-order valence-corrected chi connectivity index (χ4v) is 3.34. The molecule has 3 rings (SSSR count). The van der Waals surface area contributed by atoms with E-state index in [4.69, 9.17) is 21.1 Å². The third-order valence-corrected chi connectivity index (χ3v) is 4.87. The Balaban J connectivity index is 1.90. The fourth-order valence-electron chi connectivity index (χ4n) is 3.14. The number of carboxylic acids is 1. The predicted octanol–water partition coefficient (Wildman–Crippen LogP) is 6.50. The zero-order valence-corrected chi connectivity index (χ0v) is 18.0. The van der Waals surface area contributed by atoms with Gasteiger partial charge >= 0.3 is 5.97 Å². The summed E-state index contributed by atoms with van der Waals surface area (Å²) in [6.07, 6.45) is -0.985. The number of rotatable bonds is 7. The van der Waals surface area contributed by atoms with Crippen molar-refractivity contribution in [3.05, 3.63) is 88.9 Å². The SMILES string of the molecule is CC(C)(C)c1ccccc1O[C@H](Cc1cc(Cl)ccc1Oc1ccccc1)C(=O)O. The van der Waals surface area contributed by atoms with Crippen molar-refractivity contribution < 1.29 is 19.4 Å². The van der Waals surface area contributed by atoms with Gasteiger partial charge in [-0.3, -0.25) is 0 Å². The number of benzene rings is 3. The van der Waals surface area contributed by atoms with Crippen molar-refractivity contribution in [3.63, 3.8) is 0 Å². The van der Waals surface area contributed by atoms with Crippen molar-refractivity contribution >= 4 is 17.6 Å². The highest BCUT2D eigenvalue weighted by molar-refractivity contribution is 6.30. The minimum absolute atomic E-state index is 0.108. The highest BCUT2D eigenvalue weighted by Crippen LogP contribution is 2.33. The van der Waals surface area contributed by atoms with E-state index in [1.807, 2.05) is 48.5 Å². The van der Waals surface area contributed by atoms with Crippen molar-refractivity contribution in [1.82, 2.24) is 0 Å². The van der Waals surface area contributed by atoms with Crippen LogP contribution in [0, 0.1) is 0 Å². The number of halogens is 1. The van der Waals surface area contributed by atoms with Crippen LogP contribution < -0.4 is 9.47 Å². The van der Waals surface area contributed by atoms with Crippen molar-refractivity contribution in [1.29, 1.82) is 0 Å². The van der Waals surface area contributed by atoms with Crippen LogP contribution in [-0.2, 0) is 16.6 Å². The number of carboxylic acid groups (broad SMARTS) is 1. The van der Waals surface area contributed by atoms with Crippen LogP contribution in [0.3, 0.4) is 0 Å². The standard InChI is InChI=1S/C25H25ClO4/c1-25(2,3)20-11-7-8-12-22(20)30-23(24(27)28)16-17-15-18(26)13-14-21(17)29-19-9-5-4-6-10-19/h4-15,23H,16H2,1-3H3,(H,27,28)/t23-/m1/s1. The number of carbonyl (C=O) groups is 1. The van der Waals surface area contributed by atoms with Gasteiger partial charge in [0.15, 0.2) is 6.10 Å². The summed E-state index contributed by atoms with van der Waals surface area (Å²) in [5, 5.41) is 10.3. The molecular formula is C25H25ClO4. The average Bonchev–Trinajstić information content (AvgIpc) is 2.70. The van der Waals surface area contributed by atoms with Crippen molar-refractivity contribution in [2.45, 2.75) is 38.7 Å². The van der Waals surface area contributed by atoms with Crippen LogP contribution >= 0.6 is 11.6 Å². The maximum Gasteiger partial charge on any atom is 0.345 e. The second-order valence-corrected chi connectivity index (χ2v) is 8.50. The first kappa shape index (κ1) is 21.7. The number of ether oxygens (including phenoxy) is 2. The van der Waals surface area contributed by atoms with Crippen molar-refractivity contribution in [3.8, 4) is 17.2 Å². The second kappa shape index (κ2) is 9.23. The van der Waals surface area contributed by atoms with E-state index in [-0.39, 0.29) is 11.8 Å². The van der Waals surface area contributed by atoms with Crippen LogP contribution in [0.4, 0.5) is 0 Å². The fraction of sp³-hybridized carbons (Fsp3) is 0.240. The van der Waals surface area contributed by atoms with Gasteiger partial charge < -0.3 is 14.6 Å². The van der Waals surface area contributed by atoms with Crippen molar-refractivity contribution in [2.24, 2.45) is 0 Å². The van der Waals surface area contributed by atoms with Gasteiger partial charge in [0.2, 0.25) is 0 Å². The Morgan fingerprint density at radius 1 is 0.967 bits per heavy atom. The van der Waals surface area contributed by atoms with E-state index in [0.29, 0.717) is 27.8 Å². The molecule has 0 aliphatic carbocycles. The van der Waals surface area contributed by atoms with Crippen LogP contribution in [0.15, 0.2) is 72.8 Å². The lowest BCUT2D eigenvalue weighted by Crippen LogP contribution is -2.30. The molecule has 0 unspecified atom stereocenters. The first-order valence-electron chi connectivity index (χ1n) is 9.74. The molecule has 3 aromatic rings. The number of aliphatic carboxylic acids is 1. The maximum absolute atomic E-state index is 12.0. The van der Waals surface area contributed by atoms with Gasteiger partial charge in [0, 0.05) is 17.0 Å². The summed E-state index contributed by atoms with van der Waals surface area (Å²) in [5.41, 5.74) is 1.42. The van der Waals surface area contributed by atoms with Gasteiger partial charge in [-0.25, -0.2) is 4.79 Å². The highest BCUT2D eigenvalue weighted by atomic mass is 35.5. The summed E-state index contributed by atoms with van der Waals surface area (Å²) in [6.45, 7) is 6.19. The molecule has 156 valence electrons. The Morgan fingerprint density at radius 3 is 2.30 bits per heavy atom. The van der Waals surface area contributed by atoms with Crippen LogP contribution in [0.1, 0.15) is 31.9 Å². The molecule has 1 N–H and O–H groups in total. The highest BCUT2D eigenvalue weighted by Gasteiger charge is 2.26. The van der Waals surface area contributed by atoms with E-state index >= 15 is 0 Å². The average molecular weight is 425 g/mol. The van der Waals surface area contributed by atoms with Gasteiger partial charge in [-0.15, -0.1) is 0 Å². The van der Waals surface area contributed by atoms with Gasteiger partial charge in [0.05, 0.1) is 0 Å². The molecule has 0 fully saturated rings. The van der Waals surface area contributed by atoms with E-state index in [1.165, 1.54) is 0 Å². The summed E-state index contributed by atoms with van der Waals surface area (Å²) in [5.74, 6) is 0.714. The molecule has 0 amide bonds. The zero-order chi connectivity index (χ0) is 21.7. The minimum Gasteiger partial charge on any atom is -0.478 e. The number of hydrogen-bond acceptors (Lipinski definition) is 3. The first-order valence-corrected chi connectivity index (χ1v) is 10.1. The van der Waals surface area contributed by atoms with E-state index in [9.17, 15) is 9.90 Å². The molecule has 0 saturated heterocycles. The molecule has 0 spiro atoms. The molecule has 0 aliphatic heterocycles. The summed E-state index contributed by atoms with van der Waals surface area (Å²) in [7, 11) is 0. The van der Waals surface area contributed by atoms with Gasteiger partial charge in [0.1, 0.15) is 17.2 Å². The van der Waals surface area contributed by atoms with E-state index in [0.717, 1.165) is 5.56 Å². The van der Waals surface area contributed by atoms with E-state index in [2.05, 4.69) is 20.8 Å². The molecule has 0 heterocycles. The third kappa shape index (κ3) is 5.55. The van der Waals surface area contributed by atoms with Crippen molar-refractivity contribution in [2.75, 3.05) is 0 Å². The minimum atomic E-state index is -1.09. The molecule has 30 heavy (non-hydrogen) atoms. The van der Waals surface area contributed by atoms with Gasteiger partial charge in [-0.2, -0.15) is 0 Å². The quantitative estimate of drug-likeness (QED) is 0.470. The maximum atomic E-state index is 12.0. The van der Waals surface area contributed by atoms with E-state index < -0.39 is 12.1 Å². The summed E-state index contributed by atoms with van der Waals surface area (Å²) >= 11 is 6.18. The lowest BCUT2D eigenvalue weighted by atomic mass is 9.86. The summed E-state index contributed by atoms with van der Waals surface area (Å²) < 4.78 is 12.0. The smallest absolute Gasteiger partial charge is 0.345 e. The molecular weight excluding hydrogens is 400 g/mol. The Kier molecular flexibility index (Phi) is 6.68. The van der Waals surface area contributed by atoms with Gasteiger partial charge in [0.25, 0.3) is 0 Å².